The molecule has 0 saturated heterocycles. The van der Waals surface area contributed by atoms with Gasteiger partial charge in [-0.3, -0.25) is 4.79 Å². The Morgan fingerprint density at radius 3 is 2.70 bits per heavy atom. The number of Topliss-reactive ketones (excluding diaryl/α,β-unsaturated/α-hetero) is 1. The molecule has 2 rings (SSSR count). The topological polar surface area (TPSA) is 26.3 Å². The first kappa shape index (κ1) is 14.9. The fourth-order valence-corrected chi connectivity index (χ4v) is 2.69. The van der Waals surface area contributed by atoms with Gasteiger partial charge in [0.2, 0.25) is 0 Å². The molecule has 20 heavy (non-hydrogen) atoms. The van der Waals surface area contributed by atoms with Crippen LogP contribution in [0.5, 0.6) is 0 Å². The summed E-state index contributed by atoms with van der Waals surface area (Å²) in [5.74, 6) is 0.0549. The minimum atomic E-state index is -0.392. The van der Waals surface area contributed by atoms with Crippen molar-refractivity contribution >= 4 is 17.1 Å². The van der Waals surface area contributed by atoms with E-state index >= 15 is 0 Å². The van der Waals surface area contributed by atoms with Crippen LogP contribution in [0.4, 0.5) is 0 Å². The van der Waals surface area contributed by atoms with Gasteiger partial charge in [0.05, 0.1) is 6.61 Å². The van der Waals surface area contributed by atoms with Gasteiger partial charge in [0.1, 0.15) is 6.10 Å². The van der Waals surface area contributed by atoms with Gasteiger partial charge in [-0.1, -0.05) is 18.2 Å². The first-order valence-corrected chi connectivity index (χ1v) is 7.71. The summed E-state index contributed by atoms with van der Waals surface area (Å²) in [4.78, 5) is 13.6. The van der Waals surface area contributed by atoms with E-state index in [0.29, 0.717) is 6.61 Å². The Morgan fingerprint density at radius 2 is 2.05 bits per heavy atom. The second kappa shape index (κ2) is 6.82. The van der Waals surface area contributed by atoms with Crippen LogP contribution in [0.1, 0.15) is 33.3 Å². The van der Waals surface area contributed by atoms with Crippen LogP contribution in [0, 0.1) is 13.8 Å². The van der Waals surface area contributed by atoms with Crippen molar-refractivity contribution in [2.45, 2.75) is 33.3 Å². The number of thiophene rings is 1. The summed E-state index contributed by atoms with van der Waals surface area (Å²) >= 11 is 1.72. The Hall–Kier alpha value is -1.45. The Labute approximate surface area is 124 Å². The van der Waals surface area contributed by atoms with Gasteiger partial charge in [0, 0.05) is 16.9 Å². The number of aryl methyl sites for hydroxylation is 2. The molecule has 1 heterocycles. The van der Waals surface area contributed by atoms with E-state index in [4.69, 9.17) is 4.74 Å². The molecule has 3 heteroatoms. The Morgan fingerprint density at radius 1 is 1.25 bits per heavy atom. The van der Waals surface area contributed by atoms with Crippen molar-refractivity contribution in [1.29, 1.82) is 0 Å². The maximum atomic E-state index is 12.3. The smallest absolute Gasteiger partial charge is 0.191 e. The van der Waals surface area contributed by atoms with Crippen molar-refractivity contribution in [2.24, 2.45) is 0 Å². The molecule has 2 aromatic rings. The van der Waals surface area contributed by atoms with Crippen molar-refractivity contribution in [1.82, 2.24) is 0 Å². The first-order chi connectivity index (χ1) is 9.58. The van der Waals surface area contributed by atoms with Crippen molar-refractivity contribution in [3.05, 3.63) is 57.3 Å². The molecule has 106 valence electrons. The lowest BCUT2D eigenvalue weighted by Crippen LogP contribution is -2.22. The number of hydrogen-bond donors (Lipinski definition) is 0. The second-order valence-corrected chi connectivity index (χ2v) is 6.04. The van der Waals surface area contributed by atoms with Crippen LogP contribution in [-0.4, -0.2) is 18.5 Å². The quantitative estimate of drug-likeness (QED) is 0.745. The summed E-state index contributed by atoms with van der Waals surface area (Å²) < 4.78 is 5.66. The van der Waals surface area contributed by atoms with Gasteiger partial charge in [0.15, 0.2) is 5.78 Å². The highest BCUT2D eigenvalue weighted by Gasteiger charge is 2.16. The molecule has 1 atom stereocenters. The van der Waals surface area contributed by atoms with Crippen molar-refractivity contribution in [3.8, 4) is 0 Å². The van der Waals surface area contributed by atoms with E-state index in [9.17, 15) is 4.79 Å². The van der Waals surface area contributed by atoms with Crippen molar-refractivity contribution in [3.63, 3.8) is 0 Å². The van der Waals surface area contributed by atoms with E-state index in [0.717, 1.165) is 17.5 Å². The fourth-order valence-electron chi connectivity index (χ4n) is 2.00. The molecule has 0 spiro atoms. The van der Waals surface area contributed by atoms with Gasteiger partial charge in [-0.15, -0.1) is 11.3 Å². The minimum Gasteiger partial charge on any atom is -0.370 e. The summed E-state index contributed by atoms with van der Waals surface area (Å²) in [6.45, 7) is 6.48. The molecule has 0 aliphatic carbocycles. The average molecular weight is 288 g/mol. The van der Waals surface area contributed by atoms with Gasteiger partial charge in [-0.05, 0) is 49.4 Å². The highest BCUT2D eigenvalue weighted by Crippen LogP contribution is 2.14. The van der Waals surface area contributed by atoms with Gasteiger partial charge in [-0.25, -0.2) is 0 Å². The van der Waals surface area contributed by atoms with Crippen molar-refractivity contribution < 1.29 is 9.53 Å². The van der Waals surface area contributed by atoms with Crippen LogP contribution in [0.3, 0.4) is 0 Å². The molecule has 0 saturated carbocycles. The van der Waals surface area contributed by atoms with E-state index in [1.54, 1.807) is 11.3 Å². The number of carbonyl (C=O) groups excluding carboxylic acids is 1. The third-order valence-corrected chi connectivity index (χ3v) is 4.39. The Kier molecular flexibility index (Phi) is 5.10. The van der Waals surface area contributed by atoms with Crippen LogP contribution in [0.2, 0.25) is 0 Å². The van der Waals surface area contributed by atoms with E-state index in [1.165, 1.54) is 10.4 Å². The normalized spacial score (nSPS) is 12.3. The number of benzene rings is 1. The Bertz CT molecular complexity index is 573. The highest BCUT2D eigenvalue weighted by molar-refractivity contribution is 7.09. The van der Waals surface area contributed by atoms with E-state index in [-0.39, 0.29) is 5.78 Å². The predicted molar refractivity (Wildman–Crippen MR) is 83.7 cm³/mol. The van der Waals surface area contributed by atoms with E-state index in [2.05, 4.69) is 11.4 Å². The highest BCUT2D eigenvalue weighted by atomic mass is 32.1. The summed E-state index contributed by atoms with van der Waals surface area (Å²) in [5.41, 5.74) is 3.08. The van der Waals surface area contributed by atoms with Gasteiger partial charge in [-0.2, -0.15) is 0 Å². The zero-order valence-corrected chi connectivity index (χ0v) is 13.0. The lowest BCUT2D eigenvalue weighted by molar-refractivity contribution is 0.0488. The fraction of sp³-hybridized carbons (Fsp3) is 0.353. The van der Waals surface area contributed by atoms with Gasteiger partial charge < -0.3 is 4.74 Å². The van der Waals surface area contributed by atoms with Crippen LogP contribution in [-0.2, 0) is 11.2 Å². The summed E-state index contributed by atoms with van der Waals surface area (Å²) in [7, 11) is 0. The zero-order valence-electron chi connectivity index (χ0n) is 12.2. The summed E-state index contributed by atoms with van der Waals surface area (Å²) in [6, 6.07) is 9.93. The van der Waals surface area contributed by atoms with Crippen LogP contribution >= 0.6 is 11.3 Å². The van der Waals surface area contributed by atoms with E-state index < -0.39 is 6.10 Å². The molecule has 1 unspecified atom stereocenters. The minimum absolute atomic E-state index is 0.0549. The first-order valence-electron chi connectivity index (χ1n) is 6.83. The van der Waals surface area contributed by atoms with Crippen LogP contribution in [0.15, 0.2) is 35.7 Å². The molecule has 0 aliphatic heterocycles. The molecule has 0 bridgehead atoms. The number of ketones is 1. The molecular formula is C17H20O2S. The predicted octanol–water partition coefficient (Wildman–Crippen LogP) is 4.20. The third-order valence-electron chi connectivity index (χ3n) is 3.46. The Balaban J connectivity index is 1.89. The number of carbonyl (C=O) groups is 1. The second-order valence-electron chi connectivity index (χ2n) is 5.01. The number of rotatable bonds is 6. The third kappa shape index (κ3) is 3.78. The molecule has 2 nitrogen and oxygen atoms in total. The van der Waals surface area contributed by atoms with Gasteiger partial charge >= 0.3 is 0 Å². The monoisotopic (exact) mass is 288 g/mol. The lowest BCUT2D eigenvalue weighted by Gasteiger charge is -2.12. The molecule has 0 N–H and O–H groups in total. The van der Waals surface area contributed by atoms with E-state index in [1.807, 2.05) is 45.0 Å². The van der Waals surface area contributed by atoms with Gasteiger partial charge in [0.25, 0.3) is 0 Å². The lowest BCUT2D eigenvalue weighted by atomic mass is 10.0. The largest absolute Gasteiger partial charge is 0.370 e. The zero-order chi connectivity index (χ0) is 14.5. The molecule has 1 aromatic carbocycles. The molecule has 0 fully saturated rings. The number of ether oxygens (including phenoxy) is 1. The SMILES string of the molecule is Cc1ccc(C(=O)C(C)OCCc2cccs2)cc1C. The van der Waals surface area contributed by atoms with Crippen LogP contribution < -0.4 is 0 Å². The molecule has 0 radical (unpaired) electrons. The van der Waals surface area contributed by atoms with Crippen LogP contribution in [0.25, 0.3) is 0 Å². The summed E-state index contributed by atoms with van der Waals surface area (Å²) in [5, 5.41) is 2.05. The maximum absolute atomic E-state index is 12.3. The number of hydrogen-bond acceptors (Lipinski definition) is 3. The molecular weight excluding hydrogens is 268 g/mol. The van der Waals surface area contributed by atoms with Crippen molar-refractivity contribution in [2.75, 3.05) is 6.61 Å². The molecule has 0 amide bonds. The molecule has 0 aliphatic rings. The average Bonchev–Trinajstić information content (AvgIpc) is 2.94. The standard InChI is InChI=1S/C17H20O2S/c1-12-6-7-15(11-13(12)2)17(18)14(3)19-9-8-16-5-4-10-20-16/h4-7,10-11,14H,8-9H2,1-3H3. The molecule has 1 aromatic heterocycles. The summed E-state index contributed by atoms with van der Waals surface area (Å²) in [6.07, 6.45) is 0.472. The maximum Gasteiger partial charge on any atom is 0.191 e.